The first-order valence-corrected chi connectivity index (χ1v) is 10.4. The summed E-state index contributed by atoms with van der Waals surface area (Å²) in [6.07, 6.45) is 7.32. The van der Waals surface area contributed by atoms with E-state index in [2.05, 4.69) is 20.4 Å². The van der Waals surface area contributed by atoms with Crippen molar-refractivity contribution in [3.8, 4) is 0 Å². The number of fused-ring (bicyclic) bond motifs is 1. The summed E-state index contributed by atoms with van der Waals surface area (Å²) in [5.41, 5.74) is 1.06. The molecule has 0 spiro atoms. The average molecular weight is 375 g/mol. The van der Waals surface area contributed by atoms with Crippen LogP contribution in [0.5, 0.6) is 0 Å². The number of hydrogen-bond donors (Lipinski definition) is 0. The van der Waals surface area contributed by atoms with Crippen LogP contribution in [0, 0.1) is 11.8 Å². The van der Waals surface area contributed by atoms with Crippen molar-refractivity contribution in [2.24, 2.45) is 11.8 Å². The van der Waals surface area contributed by atoms with Crippen molar-refractivity contribution < 1.29 is 18.9 Å². The second-order valence-electron chi connectivity index (χ2n) is 7.80. The summed E-state index contributed by atoms with van der Waals surface area (Å²) in [5, 5.41) is 0. The molecule has 1 aromatic rings. The zero-order valence-corrected chi connectivity index (χ0v) is 16.7. The van der Waals surface area contributed by atoms with E-state index in [9.17, 15) is 0 Å². The Balaban J connectivity index is 1.46. The predicted molar refractivity (Wildman–Crippen MR) is 106 cm³/mol. The quantitative estimate of drug-likeness (QED) is 0.437. The fourth-order valence-corrected chi connectivity index (χ4v) is 3.89. The van der Waals surface area contributed by atoms with E-state index in [-0.39, 0.29) is 24.8 Å². The summed E-state index contributed by atoms with van der Waals surface area (Å²) in [4.78, 5) is 0. The number of rotatable bonds is 9. The number of benzene rings is 1. The highest BCUT2D eigenvalue weighted by atomic mass is 16.7. The second kappa shape index (κ2) is 10.4. The topological polar surface area (TPSA) is 36.9 Å². The Labute approximate surface area is 163 Å². The molecule has 150 valence electrons. The molecule has 0 saturated carbocycles. The fraction of sp³-hybridized carbons (Fsp3) is 0.652. The van der Waals surface area contributed by atoms with Crippen molar-refractivity contribution >= 4 is 0 Å². The molecule has 2 aliphatic heterocycles. The summed E-state index contributed by atoms with van der Waals surface area (Å²) in [5.74, 6) is 0.651. The molecule has 2 fully saturated rings. The van der Waals surface area contributed by atoms with E-state index < -0.39 is 0 Å². The number of allylic oxidation sites excluding steroid dienone is 1. The highest BCUT2D eigenvalue weighted by Crippen LogP contribution is 2.39. The molecular formula is C23H34O4. The Morgan fingerprint density at radius 2 is 1.81 bits per heavy atom. The summed E-state index contributed by atoms with van der Waals surface area (Å²) in [6, 6.07) is 10.1. The SMILES string of the molecule is C=CCCCCCCO[C@@H]1OC2COC(c3ccccc3)O[C@@H]2[C@H](C)C1C. The van der Waals surface area contributed by atoms with Crippen LogP contribution in [0.1, 0.15) is 57.8 Å². The summed E-state index contributed by atoms with van der Waals surface area (Å²) < 4.78 is 24.5. The van der Waals surface area contributed by atoms with Gasteiger partial charge in [-0.2, -0.15) is 0 Å². The van der Waals surface area contributed by atoms with Crippen molar-refractivity contribution in [1.29, 1.82) is 0 Å². The lowest BCUT2D eigenvalue weighted by atomic mass is 9.84. The average Bonchev–Trinajstić information content (AvgIpc) is 2.71. The third-order valence-corrected chi connectivity index (χ3v) is 5.80. The summed E-state index contributed by atoms with van der Waals surface area (Å²) >= 11 is 0. The van der Waals surface area contributed by atoms with Crippen LogP contribution in [0.4, 0.5) is 0 Å². The first-order chi connectivity index (χ1) is 13.2. The summed E-state index contributed by atoms with van der Waals surface area (Å²) in [6.45, 7) is 9.50. The lowest BCUT2D eigenvalue weighted by Gasteiger charge is -2.48. The van der Waals surface area contributed by atoms with Crippen molar-refractivity contribution in [3.05, 3.63) is 48.6 Å². The molecule has 0 N–H and O–H groups in total. The van der Waals surface area contributed by atoms with Gasteiger partial charge in [-0.25, -0.2) is 0 Å². The normalized spacial score (nSPS) is 33.4. The third kappa shape index (κ3) is 5.41. The molecule has 3 rings (SSSR count). The van der Waals surface area contributed by atoms with Gasteiger partial charge >= 0.3 is 0 Å². The Bertz CT molecular complexity index is 559. The maximum absolute atomic E-state index is 6.28. The van der Waals surface area contributed by atoms with Gasteiger partial charge in [-0.3, -0.25) is 0 Å². The van der Waals surface area contributed by atoms with E-state index in [4.69, 9.17) is 18.9 Å². The number of hydrogen-bond acceptors (Lipinski definition) is 4. The van der Waals surface area contributed by atoms with Crippen LogP contribution in [0.3, 0.4) is 0 Å². The predicted octanol–water partition coefficient (Wildman–Crippen LogP) is 5.25. The maximum atomic E-state index is 6.28. The Morgan fingerprint density at radius 1 is 1.04 bits per heavy atom. The van der Waals surface area contributed by atoms with E-state index in [0.29, 0.717) is 18.4 Å². The molecule has 4 heteroatoms. The molecule has 2 saturated heterocycles. The van der Waals surface area contributed by atoms with Gasteiger partial charge in [-0.05, 0) is 25.2 Å². The molecule has 4 nitrogen and oxygen atoms in total. The van der Waals surface area contributed by atoms with Gasteiger partial charge in [0.25, 0.3) is 0 Å². The smallest absolute Gasteiger partial charge is 0.184 e. The molecule has 0 aliphatic carbocycles. The standard InChI is InChI=1S/C23H34O4/c1-4-5-6-7-8-12-15-24-22-18(3)17(2)21-20(26-22)16-25-23(27-21)19-13-10-9-11-14-19/h4,9-11,13-14,17-18,20-23H,1,5-8,12,15-16H2,2-3H3/t17-,18?,20?,21-,22-,23?/m1/s1. The Kier molecular flexibility index (Phi) is 7.89. The number of ether oxygens (including phenoxy) is 4. The van der Waals surface area contributed by atoms with Crippen LogP contribution in [-0.2, 0) is 18.9 Å². The molecule has 2 heterocycles. The van der Waals surface area contributed by atoms with E-state index in [1.165, 1.54) is 19.3 Å². The molecule has 0 bridgehead atoms. The van der Waals surface area contributed by atoms with Crippen molar-refractivity contribution in [2.75, 3.05) is 13.2 Å². The van der Waals surface area contributed by atoms with E-state index in [1.807, 2.05) is 36.4 Å². The van der Waals surface area contributed by atoms with Gasteiger partial charge in [-0.1, -0.05) is 63.1 Å². The molecule has 0 radical (unpaired) electrons. The van der Waals surface area contributed by atoms with Gasteiger partial charge < -0.3 is 18.9 Å². The highest BCUT2D eigenvalue weighted by Gasteiger charge is 2.46. The van der Waals surface area contributed by atoms with Gasteiger partial charge in [-0.15, -0.1) is 6.58 Å². The Morgan fingerprint density at radius 3 is 2.59 bits per heavy atom. The highest BCUT2D eigenvalue weighted by molar-refractivity contribution is 5.16. The zero-order valence-electron chi connectivity index (χ0n) is 16.7. The maximum Gasteiger partial charge on any atom is 0.184 e. The fourth-order valence-electron chi connectivity index (χ4n) is 3.89. The van der Waals surface area contributed by atoms with Crippen molar-refractivity contribution in [1.82, 2.24) is 0 Å². The molecule has 0 aromatic heterocycles. The summed E-state index contributed by atoms with van der Waals surface area (Å²) in [7, 11) is 0. The van der Waals surface area contributed by atoms with Crippen LogP contribution in [0.2, 0.25) is 0 Å². The molecular weight excluding hydrogens is 340 g/mol. The van der Waals surface area contributed by atoms with E-state index >= 15 is 0 Å². The van der Waals surface area contributed by atoms with E-state index in [0.717, 1.165) is 25.0 Å². The minimum absolute atomic E-state index is 0.0395. The van der Waals surface area contributed by atoms with Crippen molar-refractivity contribution in [3.63, 3.8) is 0 Å². The second-order valence-corrected chi connectivity index (χ2v) is 7.80. The van der Waals surface area contributed by atoms with Gasteiger partial charge in [0.1, 0.15) is 6.10 Å². The van der Waals surface area contributed by atoms with Gasteiger partial charge in [0, 0.05) is 18.1 Å². The molecule has 2 aliphatic rings. The molecule has 3 unspecified atom stereocenters. The minimum Gasteiger partial charge on any atom is -0.352 e. The van der Waals surface area contributed by atoms with Gasteiger partial charge in [0.2, 0.25) is 0 Å². The first-order valence-electron chi connectivity index (χ1n) is 10.4. The minimum atomic E-state index is -0.307. The lowest BCUT2D eigenvalue weighted by Crippen LogP contribution is -2.55. The Hall–Kier alpha value is -1.20. The number of unbranched alkanes of at least 4 members (excludes halogenated alkanes) is 4. The van der Waals surface area contributed by atoms with Crippen LogP contribution in [0.25, 0.3) is 0 Å². The lowest BCUT2D eigenvalue weighted by molar-refractivity contribution is -0.342. The largest absolute Gasteiger partial charge is 0.352 e. The van der Waals surface area contributed by atoms with Crippen LogP contribution in [0.15, 0.2) is 43.0 Å². The van der Waals surface area contributed by atoms with Gasteiger partial charge in [0.15, 0.2) is 12.6 Å². The molecule has 6 atom stereocenters. The van der Waals surface area contributed by atoms with E-state index in [1.54, 1.807) is 0 Å². The van der Waals surface area contributed by atoms with Crippen LogP contribution >= 0.6 is 0 Å². The monoisotopic (exact) mass is 374 g/mol. The molecule has 1 aromatic carbocycles. The molecule has 0 amide bonds. The van der Waals surface area contributed by atoms with Crippen LogP contribution in [-0.4, -0.2) is 31.7 Å². The van der Waals surface area contributed by atoms with Crippen molar-refractivity contribution in [2.45, 2.75) is 70.7 Å². The molecule has 27 heavy (non-hydrogen) atoms. The van der Waals surface area contributed by atoms with Crippen LogP contribution < -0.4 is 0 Å². The first kappa shape index (κ1) is 20.5. The van der Waals surface area contributed by atoms with Gasteiger partial charge in [0.05, 0.1) is 12.7 Å². The third-order valence-electron chi connectivity index (χ3n) is 5.80. The zero-order chi connectivity index (χ0) is 19.1.